The number of aliphatic hydroxyl groups excluding tert-OH is 1. The van der Waals surface area contributed by atoms with E-state index in [0.29, 0.717) is 39.9 Å². The second-order valence-electron chi connectivity index (χ2n) is 6.17. The molecule has 0 aromatic heterocycles. The highest BCUT2D eigenvalue weighted by Crippen LogP contribution is 2.38. The number of hydrogen-bond donors (Lipinski definition) is 2. The highest BCUT2D eigenvalue weighted by molar-refractivity contribution is 5.91. The summed E-state index contributed by atoms with van der Waals surface area (Å²) >= 11 is 0. The van der Waals surface area contributed by atoms with Crippen molar-refractivity contribution in [1.29, 1.82) is 0 Å². The summed E-state index contributed by atoms with van der Waals surface area (Å²) in [6, 6.07) is 8.53. The Morgan fingerprint density at radius 1 is 0.900 bits per heavy atom. The lowest BCUT2D eigenvalue weighted by Crippen LogP contribution is -2.26. The van der Waals surface area contributed by atoms with E-state index in [2.05, 4.69) is 5.32 Å². The van der Waals surface area contributed by atoms with Gasteiger partial charge in [0.2, 0.25) is 11.7 Å². The van der Waals surface area contributed by atoms with Crippen molar-refractivity contribution in [1.82, 2.24) is 5.32 Å². The molecule has 0 fully saturated rings. The van der Waals surface area contributed by atoms with E-state index >= 15 is 0 Å². The number of hydrogen-bond acceptors (Lipinski definition) is 7. The fourth-order valence-corrected chi connectivity index (χ4v) is 2.80. The van der Waals surface area contributed by atoms with Crippen LogP contribution in [-0.4, -0.2) is 53.1 Å². The zero-order valence-corrected chi connectivity index (χ0v) is 17.7. The SMILES string of the molecule is COc1ccc([C@H](O)CNC(=O)/C=C/c2cc(OC)c(OC)c(OC)c2)cc1OC. The van der Waals surface area contributed by atoms with E-state index in [-0.39, 0.29) is 12.5 Å². The Bertz CT molecular complexity index is 870. The first-order valence-electron chi connectivity index (χ1n) is 9.13. The summed E-state index contributed by atoms with van der Waals surface area (Å²) in [7, 11) is 7.62. The molecule has 2 rings (SSSR count). The number of aliphatic hydroxyl groups is 1. The van der Waals surface area contributed by atoms with Crippen LogP contribution in [-0.2, 0) is 4.79 Å². The van der Waals surface area contributed by atoms with Crippen LogP contribution in [0.2, 0.25) is 0 Å². The van der Waals surface area contributed by atoms with Gasteiger partial charge in [-0.1, -0.05) is 6.07 Å². The van der Waals surface area contributed by atoms with E-state index in [9.17, 15) is 9.90 Å². The van der Waals surface area contributed by atoms with Crippen molar-refractivity contribution in [2.24, 2.45) is 0 Å². The minimum atomic E-state index is -0.900. The average molecular weight is 417 g/mol. The first-order valence-corrected chi connectivity index (χ1v) is 9.13. The van der Waals surface area contributed by atoms with Gasteiger partial charge in [0, 0.05) is 12.6 Å². The molecule has 2 aromatic rings. The van der Waals surface area contributed by atoms with E-state index in [1.54, 1.807) is 36.4 Å². The minimum Gasteiger partial charge on any atom is -0.493 e. The van der Waals surface area contributed by atoms with Gasteiger partial charge in [0.1, 0.15) is 0 Å². The summed E-state index contributed by atoms with van der Waals surface area (Å²) in [5, 5.41) is 13.0. The molecule has 0 aliphatic carbocycles. The van der Waals surface area contributed by atoms with Crippen LogP contribution in [0.4, 0.5) is 0 Å². The lowest BCUT2D eigenvalue weighted by atomic mass is 10.1. The molecule has 2 N–H and O–H groups in total. The van der Waals surface area contributed by atoms with E-state index in [0.717, 1.165) is 0 Å². The number of carbonyl (C=O) groups excluding carboxylic acids is 1. The Hall–Kier alpha value is -3.39. The molecule has 162 valence electrons. The molecule has 0 unspecified atom stereocenters. The van der Waals surface area contributed by atoms with E-state index in [4.69, 9.17) is 23.7 Å². The van der Waals surface area contributed by atoms with Crippen LogP contribution in [0.25, 0.3) is 6.08 Å². The van der Waals surface area contributed by atoms with Gasteiger partial charge in [-0.3, -0.25) is 4.79 Å². The third-order valence-electron chi connectivity index (χ3n) is 4.38. The summed E-state index contributed by atoms with van der Waals surface area (Å²) in [5.41, 5.74) is 1.29. The lowest BCUT2D eigenvalue weighted by Gasteiger charge is -2.14. The molecule has 0 heterocycles. The fourth-order valence-electron chi connectivity index (χ4n) is 2.80. The molecule has 8 heteroatoms. The van der Waals surface area contributed by atoms with E-state index in [1.165, 1.54) is 41.6 Å². The Kier molecular flexibility index (Phi) is 8.37. The minimum absolute atomic E-state index is 0.0356. The summed E-state index contributed by atoms with van der Waals surface area (Å²) < 4.78 is 26.3. The number of carbonyl (C=O) groups is 1. The molecule has 0 aliphatic rings. The maximum atomic E-state index is 12.2. The van der Waals surface area contributed by atoms with E-state index < -0.39 is 6.10 Å². The maximum Gasteiger partial charge on any atom is 0.244 e. The van der Waals surface area contributed by atoms with Gasteiger partial charge in [-0.15, -0.1) is 0 Å². The molecule has 2 aromatic carbocycles. The number of nitrogens with one attached hydrogen (secondary N) is 1. The predicted molar refractivity (Wildman–Crippen MR) is 113 cm³/mol. The Balaban J connectivity index is 2.03. The van der Waals surface area contributed by atoms with Gasteiger partial charge in [-0.05, 0) is 41.5 Å². The third kappa shape index (κ3) is 5.57. The molecule has 30 heavy (non-hydrogen) atoms. The van der Waals surface area contributed by atoms with Gasteiger partial charge >= 0.3 is 0 Å². The van der Waals surface area contributed by atoms with Gasteiger partial charge in [0.25, 0.3) is 0 Å². The molecule has 1 atom stereocenters. The van der Waals surface area contributed by atoms with Crippen molar-refractivity contribution in [3.05, 3.63) is 47.5 Å². The first-order chi connectivity index (χ1) is 14.5. The van der Waals surface area contributed by atoms with Crippen molar-refractivity contribution in [3.63, 3.8) is 0 Å². The number of methoxy groups -OCH3 is 5. The molecule has 0 radical (unpaired) electrons. The van der Waals surface area contributed by atoms with Crippen molar-refractivity contribution in [2.45, 2.75) is 6.10 Å². The molecule has 0 saturated carbocycles. The summed E-state index contributed by atoms with van der Waals surface area (Å²) in [5.74, 6) is 2.15. The molecule has 0 aliphatic heterocycles. The van der Waals surface area contributed by atoms with Gasteiger partial charge < -0.3 is 34.1 Å². The third-order valence-corrected chi connectivity index (χ3v) is 4.38. The Morgan fingerprint density at radius 2 is 1.50 bits per heavy atom. The quantitative estimate of drug-likeness (QED) is 0.574. The topological polar surface area (TPSA) is 95.5 Å². The average Bonchev–Trinajstić information content (AvgIpc) is 2.79. The molecule has 8 nitrogen and oxygen atoms in total. The normalized spacial score (nSPS) is 11.7. The van der Waals surface area contributed by atoms with Gasteiger partial charge in [0.05, 0.1) is 41.7 Å². The lowest BCUT2D eigenvalue weighted by molar-refractivity contribution is -0.116. The molecular formula is C22H27NO7. The van der Waals surface area contributed by atoms with Crippen molar-refractivity contribution in [2.75, 3.05) is 42.1 Å². The van der Waals surface area contributed by atoms with E-state index in [1.807, 2.05) is 0 Å². The maximum absolute atomic E-state index is 12.2. The standard InChI is InChI=1S/C22H27NO7/c1-26-17-8-7-15(12-18(17)27-2)16(24)13-23-21(25)9-6-14-10-19(28-3)22(30-5)20(11-14)29-4/h6-12,16,24H,13H2,1-5H3,(H,23,25)/b9-6+/t16-/m1/s1. The second kappa shape index (κ2) is 11.0. The fraction of sp³-hybridized carbons (Fsp3) is 0.318. The number of ether oxygens (including phenoxy) is 5. The molecule has 0 saturated heterocycles. The molecule has 0 bridgehead atoms. The van der Waals surface area contributed by atoms with Crippen LogP contribution < -0.4 is 29.0 Å². The molecular weight excluding hydrogens is 390 g/mol. The van der Waals surface area contributed by atoms with Crippen LogP contribution in [0.1, 0.15) is 17.2 Å². The summed E-state index contributed by atoms with van der Waals surface area (Å²) in [6.07, 6.45) is 2.08. The number of amides is 1. The highest BCUT2D eigenvalue weighted by Gasteiger charge is 2.14. The summed E-state index contributed by atoms with van der Waals surface area (Å²) in [6.45, 7) is 0.0356. The predicted octanol–water partition coefficient (Wildman–Crippen LogP) is 2.59. The van der Waals surface area contributed by atoms with Crippen LogP contribution in [0.15, 0.2) is 36.4 Å². The molecule has 0 spiro atoms. The van der Waals surface area contributed by atoms with Crippen molar-refractivity contribution < 1.29 is 33.6 Å². The van der Waals surface area contributed by atoms with Gasteiger partial charge in [0.15, 0.2) is 23.0 Å². The second-order valence-corrected chi connectivity index (χ2v) is 6.17. The first kappa shape index (κ1) is 22.9. The van der Waals surface area contributed by atoms with Crippen LogP contribution in [0.5, 0.6) is 28.7 Å². The Morgan fingerprint density at radius 3 is 2.03 bits per heavy atom. The summed E-state index contributed by atoms with van der Waals surface area (Å²) in [4.78, 5) is 12.2. The smallest absolute Gasteiger partial charge is 0.244 e. The Labute approximate surface area is 176 Å². The number of rotatable bonds is 10. The van der Waals surface area contributed by atoms with Crippen molar-refractivity contribution in [3.8, 4) is 28.7 Å². The van der Waals surface area contributed by atoms with Gasteiger partial charge in [-0.2, -0.15) is 0 Å². The zero-order valence-electron chi connectivity index (χ0n) is 17.7. The van der Waals surface area contributed by atoms with Crippen LogP contribution in [0.3, 0.4) is 0 Å². The van der Waals surface area contributed by atoms with Crippen LogP contribution >= 0.6 is 0 Å². The highest BCUT2D eigenvalue weighted by atomic mass is 16.5. The monoisotopic (exact) mass is 417 g/mol. The largest absolute Gasteiger partial charge is 0.493 e. The van der Waals surface area contributed by atoms with Crippen LogP contribution in [0, 0.1) is 0 Å². The van der Waals surface area contributed by atoms with Crippen molar-refractivity contribution >= 4 is 12.0 Å². The number of benzene rings is 2. The zero-order chi connectivity index (χ0) is 22.1. The van der Waals surface area contributed by atoms with Gasteiger partial charge in [-0.25, -0.2) is 0 Å². The molecule has 1 amide bonds.